The zero-order valence-electron chi connectivity index (χ0n) is 15.5. The maximum atomic E-state index is 13.0. The van der Waals surface area contributed by atoms with Crippen LogP contribution in [0.2, 0.25) is 0 Å². The van der Waals surface area contributed by atoms with Gasteiger partial charge in [-0.1, -0.05) is 24.3 Å². The number of aromatic nitrogens is 3. The molecule has 0 aliphatic carbocycles. The lowest BCUT2D eigenvalue weighted by molar-refractivity contribution is 0.0979. The number of fused-ring (bicyclic) bond motifs is 1. The first-order valence-electron chi connectivity index (χ1n) is 8.33. The first kappa shape index (κ1) is 20.4. The highest BCUT2D eigenvalue weighted by Crippen LogP contribution is 2.30. The number of benzene rings is 1. The van der Waals surface area contributed by atoms with Gasteiger partial charge in [0.15, 0.2) is 10.8 Å². The Balaban J connectivity index is 0.00000243. The molecule has 0 saturated carbocycles. The van der Waals surface area contributed by atoms with Gasteiger partial charge in [0.25, 0.3) is 5.91 Å². The number of likely N-dealkylation sites (N-methyl/N-ethyl adjacent to an activating group) is 1. The number of thiazole rings is 1. The molecule has 6 nitrogen and oxygen atoms in total. The molecule has 3 rings (SSSR count). The van der Waals surface area contributed by atoms with E-state index in [9.17, 15) is 4.79 Å². The fourth-order valence-electron chi connectivity index (χ4n) is 2.54. The standard InChI is InChI=1S/C18H23N5OS.ClH/c1-5-13-6-7-14-16(12-13)25-18(19-14)23(11-10-21(2)3)17(24)15-8-9-22(4)20-15;/h6-9,12H,5,10-11H2,1-4H3;1H. The quantitative estimate of drug-likeness (QED) is 0.645. The maximum absolute atomic E-state index is 13.0. The molecule has 0 bridgehead atoms. The second-order valence-electron chi connectivity index (χ2n) is 6.29. The van der Waals surface area contributed by atoms with Gasteiger partial charge in [-0.3, -0.25) is 14.4 Å². The summed E-state index contributed by atoms with van der Waals surface area (Å²) in [5.41, 5.74) is 2.65. The molecule has 0 N–H and O–H groups in total. The molecular weight excluding hydrogens is 370 g/mol. The average molecular weight is 394 g/mol. The summed E-state index contributed by atoms with van der Waals surface area (Å²) in [5.74, 6) is -0.114. The van der Waals surface area contributed by atoms with Crippen LogP contribution in [-0.2, 0) is 13.5 Å². The first-order valence-corrected chi connectivity index (χ1v) is 9.15. The van der Waals surface area contributed by atoms with Crippen LogP contribution in [0.4, 0.5) is 5.13 Å². The molecule has 0 aliphatic heterocycles. The lowest BCUT2D eigenvalue weighted by Gasteiger charge is -2.21. The van der Waals surface area contributed by atoms with Crippen LogP contribution < -0.4 is 4.90 Å². The zero-order valence-corrected chi connectivity index (χ0v) is 17.1. The average Bonchev–Trinajstić information content (AvgIpc) is 3.19. The lowest BCUT2D eigenvalue weighted by Crippen LogP contribution is -2.37. The molecular formula is C18H24ClN5OS. The van der Waals surface area contributed by atoms with Crippen molar-refractivity contribution in [3.63, 3.8) is 0 Å². The van der Waals surface area contributed by atoms with E-state index in [1.54, 1.807) is 33.2 Å². The molecule has 0 saturated heterocycles. The summed E-state index contributed by atoms with van der Waals surface area (Å²) in [7, 11) is 5.80. The first-order chi connectivity index (χ1) is 12.0. The van der Waals surface area contributed by atoms with Crippen LogP contribution in [0.1, 0.15) is 23.0 Å². The summed E-state index contributed by atoms with van der Waals surface area (Å²) < 4.78 is 2.75. The van der Waals surface area contributed by atoms with E-state index in [2.05, 4.69) is 29.1 Å². The Labute approximate surface area is 163 Å². The van der Waals surface area contributed by atoms with Crippen molar-refractivity contribution in [1.82, 2.24) is 19.7 Å². The van der Waals surface area contributed by atoms with Crippen LogP contribution >= 0.6 is 23.7 Å². The van der Waals surface area contributed by atoms with Crippen LogP contribution in [0.5, 0.6) is 0 Å². The molecule has 0 aliphatic rings. The van der Waals surface area contributed by atoms with E-state index in [1.165, 1.54) is 5.56 Å². The van der Waals surface area contributed by atoms with Gasteiger partial charge in [0.05, 0.1) is 10.2 Å². The van der Waals surface area contributed by atoms with Crippen molar-refractivity contribution in [3.05, 3.63) is 41.7 Å². The molecule has 140 valence electrons. The molecule has 2 heterocycles. The van der Waals surface area contributed by atoms with Gasteiger partial charge in [-0.15, -0.1) is 12.4 Å². The molecule has 1 aromatic carbocycles. The topological polar surface area (TPSA) is 54.3 Å². The van der Waals surface area contributed by atoms with Gasteiger partial charge >= 0.3 is 0 Å². The van der Waals surface area contributed by atoms with E-state index in [-0.39, 0.29) is 18.3 Å². The number of anilines is 1. The van der Waals surface area contributed by atoms with Crippen LogP contribution in [-0.4, -0.2) is 52.8 Å². The summed E-state index contributed by atoms with van der Waals surface area (Å²) in [6.07, 6.45) is 2.77. The second-order valence-corrected chi connectivity index (χ2v) is 7.30. The van der Waals surface area contributed by atoms with Gasteiger partial charge < -0.3 is 4.90 Å². The Morgan fingerprint density at radius 1 is 1.23 bits per heavy atom. The molecule has 8 heteroatoms. The van der Waals surface area contributed by atoms with Gasteiger partial charge in [0.2, 0.25) is 0 Å². The van der Waals surface area contributed by atoms with Crippen LogP contribution in [0.3, 0.4) is 0 Å². The Morgan fingerprint density at radius 3 is 2.62 bits per heavy atom. The van der Waals surface area contributed by atoms with Crippen molar-refractivity contribution in [2.24, 2.45) is 7.05 Å². The largest absolute Gasteiger partial charge is 0.308 e. The van der Waals surface area contributed by atoms with E-state index in [4.69, 9.17) is 4.98 Å². The van der Waals surface area contributed by atoms with Gasteiger partial charge in [-0.2, -0.15) is 5.10 Å². The smallest absolute Gasteiger partial charge is 0.280 e. The van der Waals surface area contributed by atoms with Crippen LogP contribution in [0.15, 0.2) is 30.5 Å². The van der Waals surface area contributed by atoms with Gasteiger partial charge in [-0.05, 0) is 44.3 Å². The van der Waals surface area contributed by atoms with Crippen molar-refractivity contribution >= 4 is 45.0 Å². The number of hydrogen-bond acceptors (Lipinski definition) is 5. The minimum Gasteiger partial charge on any atom is -0.308 e. The zero-order chi connectivity index (χ0) is 18.0. The van der Waals surface area contributed by atoms with E-state index < -0.39 is 0 Å². The molecule has 0 unspecified atom stereocenters. The minimum atomic E-state index is -0.114. The maximum Gasteiger partial charge on any atom is 0.280 e. The highest BCUT2D eigenvalue weighted by Gasteiger charge is 2.23. The summed E-state index contributed by atoms with van der Waals surface area (Å²) in [6.45, 7) is 3.47. The molecule has 1 amide bonds. The van der Waals surface area contributed by atoms with Crippen LogP contribution in [0, 0.1) is 0 Å². The molecule has 2 aromatic heterocycles. The van der Waals surface area contributed by atoms with E-state index >= 15 is 0 Å². The van der Waals surface area contributed by atoms with Gasteiger partial charge in [-0.25, -0.2) is 4.98 Å². The van der Waals surface area contributed by atoms with Crippen molar-refractivity contribution in [2.75, 3.05) is 32.1 Å². The summed E-state index contributed by atoms with van der Waals surface area (Å²) in [4.78, 5) is 21.5. The van der Waals surface area contributed by atoms with E-state index in [0.29, 0.717) is 12.2 Å². The summed E-state index contributed by atoms with van der Waals surface area (Å²) in [5, 5.41) is 4.98. The molecule has 0 radical (unpaired) electrons. The van der Waals surface area contributed by atoms with Gasteiger partial charge in [0.1, 0.15) is 0 Å². The van der Waals surface area contributed by atoms with Crippen molar-refractivity contribution < 1.29 is 4.79 Å². The number of halogens is 1. The predicted octanol–water partition coefficient (Wildman–Crippen LogP) is 3.22. The number of amides is 1. The van der Waals surface area contributed by atoms with Crippen LogP contribution in [0.25, 0.3) is 10.2 Å². The molecule has 0 spiro atoms. The predicted molar refractivity (Wildman–Crippen MR) is 110 cm³/mol. The highest BCUT2D eigenvalue weighted by molar-refractivity contribution is 7.22. The fraction of sp³-hybridized carbons (Fsp3) is 0.389. The SMILES string of the molecule is CCc1ccc2nc(N(CCN(C)C)C(=O)c3ccn(C)n3)sc2c1.Cl. The Hall–Kier alpha value is -1.96. The lowest BCUT2D eigenvalue weighted by atomic mass is 10.2. The van der Waals surface area contributed by atoms with E-state index in [1.807, 2.05) is 27.2 Å². The Kier molecular flexibility index (Phi) is 6.75. The van der Waals surface area contributed by atoms with Gasteiger partial charge in [0, 0.05) is 26.3 Å². The Bertz CT molecular complexity index is 889. The second kappa shape index (κ2) is 8.62. The van der Waals surface area contributed by atoms with Crippen molar-refractivity contribution in [2.45, 2.75) is 13.3 Å². The minimum absolute atomic E-state index is 0. The third-order valence-corrected chi connectivity index (χ3v) is 5.07. The van der Waals surface area contributed by atoms with Crippen molar-refractivity contribution in [3.8, 4) is 0 Å². The third kappa shape index (κ3) is 4.41. The fourth-order valence-corrected chi connectivity index (χ4v) is 3.60. The molecule has 0 fully saturated rings. The number of carbonyl (C=O) groups excluding carboxylic acids is 1. The van der Waals surface area contributed by atoms with Crippen molar-refractivity contribution in [1.29, 1.82) is 0 Å². The third-order valence-electron chi connectivity index (χ3n) is 4.03. The summed E-state index contributed by atoms with van der Waals surface area (Å²) >= 11 is 1.56. The molecule has 0 atom stereocenters. The number of nitrogens with zero attached hydrogens (tertiary/aromatic N) is 5. The number of carbonyl (C=O) groups is 1. The monoisotopic (exact) mass is 393 g/mol. The van der Waals surface area contributed by atoms with E-state index in [0.717, 1.165) is 28.3 Å². The normalized spacial score (nSPS) is 11.0. The number of aryl methyl sites for hydroxylation is 2. The summed E-state index contributed by atoms with van der Waals surface area (Å²) in [6, 6.07) is 8.03. The molecule has 26 heavy (non-hydrogen) atoms. The Morgan fingerprint density at radius 2 is 2.00 bits per heavy atom. The highest BCUT2D eigenvalue weighted by atomic mass is 35.5. The number of rotatable bonds is 6. The molecule has 3 aromatic rings. The number of hydrogen-bond donors (Lipinski definition) is 0.